The Morgan fingerprint density at radius 1 is 0.944 bits per heavy atom. The van der Waals surface area contributed by atoms with E-state index in [1.165, 1.54) is 0 Å². The van der Waals surface area contributed by atoms with Gasteiger partial charge in [0, 0.05) is 12.1 Å². The second-order valence-corrected chi connectivity index (χ2v) is 4.02. The molecule has 0 amide bonds. The van der Waals surface area contributed by atoms with Crippen LogP contribution >= 0.6 is 34.8 Å². The fourth-order valence-corrected chi connectivity index (χ4v) is 1.76. The lowest BCUT2D eigenvalue weighted by molar-refractivity contribution is -0.384. The van der Waals surface area contributed by atoms with E-state index in [9.17, 15) is 24.5 Å². The van der Waals surface area contributed by atoms with Crippen molar-refractivity contribution in [1.82, 2.24) is 0 Å². The summed E-state index contributed by atoms with van der Waals surface area (Å²) in [4.78, 5) is 43.1. The van der Waals surface area contributed by atoms with Crippen molar-refractivity contribution in [1.29, 1.82) is 0 Å². The average Bonchev–Trinajstić information content (AvgIpc) is 2.26. The van der Waals surface area contributed by atoms with E-state index >= 15 is 0 Å². The van der Waals surface area contributed by atoms with Crippen molar-refractivity contribution in [3.63, 3.8) is 0 Å². The standard InChI is InChI=1S/C9H2Cl3NO5/c10-7(14)4-1-3(13(17)18)2-5(8(11)15)6(4)9(12)16/h1-2H. The van der Waals surface area contributed by atoms with Crippen molar-refractivity contribution in [2.75, 3.05) is 0 Å². The lowest BCUT2D eigenvalue weighted by Gasteiger charge is -2.05. The maximum atomic E-state index is 11.2. The van der Waals surface area contributed by atoms with Crippen LogP contribution in [-0.2, 0) is 0 Å². The molecule has 1 rings (SSSR count). The van der Waals surface area contributed by atoms with E-state index in [0.717, 1.165) is 12.1 Å². The molecular weight excluding hydrogens is 308 g/mol. The normalized spacial score (nSPS) is 9.94. The molecule has 18 heavy (non-hydrogen) atoms. The molecule has 1 aromatic rings. The molecule has 0 aliphatic rings. The molecule has 0 radical (unpaired) electrons. The van der Waals surface area contributed by atoms with Crippen LogP contribution in [0.2, 0.25) is 0 Å². The van der Waals surface area contributed by atoms with Crippen LogP contribution in [0, 0.1) is 10.1 Å². The first-order chi connectivity index (χ1) is 8.25. The fraction of sp³-hybridized carbons (Fsp3) is 0. The van der Waals surface area contributed by atoms with Crippen LogP contribution in [0.4, 0.5) is 5.69 Å². The van der Waals surface area contributed by atoms with Crippen LogP contribution in [0.15, 0.2) is 12.1 Å². The summed E-state index contributed by atoms with van der Waals surface area (Å²) >= 11 is 15.6. The number of non-ortho nitro benzene ring substituents is 1. The molecule has 0 aliphatic heterocycles. The number of benzene rings is 1. The highest BCUT2D eigenvalue weighted by Gasteiger charge is 2.26. The minimum Gasteiger partial charge on any atom is -0.276 e. The van der Waals surface area contributed by atoms with Crippen molar-refractivity contribution >= 4 is 56.2 Å². The van der Waals surface area contributed by atoms with Crippen LogP contribution in [0.3, 0.4) is 0 Å². The van der Waals surface area contributed by atoms with Crippen molar-refractivity contribution in [2.24, 2.45) is 0 Å². The number of nitro benzene ring substituents is 1. The largest absolute Gasteiger partial charge is 0.276 e. The number of hydrogen-bond donors (Lipinski definition) is 0. The molecule has 0 atom stereocenters. The third-order valence-electron chi connectivity index (χ3n) is 1.95. The molecule has 6 nitrogen and oxygen atoms in total. The second-order valence-electron chi connectivity index (χ2n) is 2.99. The molecule has 0 saturated heterocycles. The van der Waals surface area contributed by atoms with E-state index in [2.05, 4.69) is 0 Å². The number of halogens is 3. The number of carbonyl (C=O) groups is 3. The van der Waals surface area contributed by atoms with Gasteiger partial charge in [-0.1, -0.05) is 0 Å². The molecule has 94 valence electrons. The summed E-state index contributed by atoms with van der Waals surface area (Å²) in [5.74, 6) is 0. The third kappa shape index (κ3) is 2.84. The summed E-state index contributed by atoms with van der Waals surface area (Å²) in [6, 6.07) is 1.49. The van der Waals surface area contributed by atoms with Gasteiger partial charge in [0.1, 0.15) is 0 Å². The van der Waals surface area contributed by atoms with Crippen LogP contribution in [-0.4, -0.2) is 20.7 Å². The Bertz CT molecular complexity index is 549. The van der Waals surface area contributed by atoms with E-state index in [0.29, 0.717) is 0 Å². The van der Waals surface area contributed by atoms with E-state index in [1.54, 1.807) is 0 Å². The highest BCUT2D eigenvalue weighted by molar-refractivity contribution is 6.74. The van der Waals surface area contributed by atoms with Crippen LogP contribution in [0.1, 0.15) is 31.1 Å². The van der Waals surface area contributed by atoms with Crippen molar-refractivity contribution < 1.29 is 19.3 Å². The van der Waals surface area contributed by atoms with E-state index in [4.69, 9.17) is 34.8 Å². The third-order valence-corrected chi connectivity index (χ3v) is 2.55. The zero-order valence-corrected chi connectivity index (χ0v) is 10.5. The first kappa shape index (κ1) is 14.6. The van der Waals surface area contributed by atoms with E-state index in [1.807, 2.05) is 0 Å². The lowest BCUT2D eigenvalue weighted by Crippen LogP contribution is -2.09. The molecule has 9 heteroatoms. The van der Waals surface area contributed by atoms with Gasteiger partial charge in [-0.3, -0.25) is 24.5 Å². The molecule has 0 fully saturated rings. The summed E-state index contributed by atoms with van der Waals surface area (Å²) in [6.45, 7) is 0. The predicted molar refractivity (Wildman–Crippen MR) is 63.6 cm³/mol. The highest BCUT2D eigenvalue weighted by Crippen LogP contribution is 2.26. The second kappa shape index (κ2) is 5.43. The van der Waals surface area contributed by atoms with Crippen molar-refractivity contribution in [3.8, 4) is 0 Å². The zero-order chi connectivity index (χ0) is 14.0. The number of hydrogen-bond acceptors (Lipinski definition) is 5. The monoisotopic (exact) mass is 309 g/mol. The molecule has 0 heterocycles. The summed E-state index contributed by atoms with van der Waals surface area (Å²) in [6.07, 6.45) is 0. The number of nitrogens with zero attached hydrogens (tertiary/aromatic N) is 1. The molecule has 0 saturated carbocycles. The van der Waals surface area contributed by atoms with Crippen LogP contribution in [0.5, 0.6) is 0 Å². The summed E-state index contributed by atoms with van der Waals surface area (Å²) in [5, 5.41) is 7.11. The van der Waals surface area contributed by atoms with Gasteiger partial charge in [-0.05, 0) is 34.8 Å². The smallest absolute Gasteiger partial charge is 0.271 e. The topological polar surface area (TPSA) is 94.3 Å². The van der Waals surface area contributed by atoms with E-state index < -0.39 is 43.0 Å². The summed E-state index contributed by atoms with van der Waals surface area (Å²) < 4.78 is 0. The fourth-order valence-electron chi connectivity index (χ4n) is 1.25. The molecule has 0 aromatic heterocycles. The van der Waals surface area contributed by atoms with Gasteiger partial charge < -0.3 is 0 Å². The van der Waals surface area contributed by atoms with Gasteiger partial charge in [-0.2, -0.15) is 0 Å². The lowest BCUT2D eigenvalue weighted by atomic mass is 10.0. The van der Waals surface area contributed by atoms with Gasteiger partial charge in [0.25, 0.3) is 21.4 Å². The van der Waals surface area contributed by atoms with Crippen molar-refractivity contribution in [2.45, 2.75) is 0 Å². The Labute approximate surface area is 115 Å². The number of carbonyl (C=O) groups excluding carboxylic acids is 3. The first-order valence-electron chi connectivity index (χ1n) is 4.17. The van der Waals surface area contributed by atoms with Gasteiger partial charge in [0.15, 0.2) is 0 Å². The van der Waals surface area contributed by atoms with Crippen LogP contribution < -0.4 is 0 Å². The minimum absolute atomic E-state index is 0.546. The van der Waals surface area contributed by atoms with Gasteiger partial charge >= 0.3 is 0 Å². The highest BCUT2D eigenvalue weighted by atomic mass is 35.5. The molecule has 0 N–H and O–H groups in total. The van der Waals surface area contributed by atoms with Gasteiger partial charge in [-0.15, -0.1) is 0 Å². The summed E-state index contributed by atoms with van der Waals surface area (Å²) in [7, 11) is 0. The van der Waals surface area contributed by atoms with Gasteiger partial charge in [-0.25, -0.2) is 0 Å². The zero-order valence-electron chi connectivity index (χ0n) is 8.28. The predicted octanol–water partition coefficient (Wildman–Crippen LogP) is 2.73. The van der Waals surface area contributed by atoms with E-state index in [-0.39, 0.29) is 0 Å². The Hall–Kier alpha value is -1.50. The molecular formula is C9H2Cl3NO5. The number of nitro groups is 1. The molecule has 0 spiro atoms. The Morgan fingerprint density at radius 2 is 1.33 bits per heavy atom. The maximum Gasteiger partial charge on any atom is 0.271 e. The average molecular weight is 310 g/mol. The van der Waals surface area contributed by atoms with Crippen molar-refractivity contribution in [3.05, 3.63) is 38.9 Å². The molecule has 0 aliphatic carbocycles. The SMILES string of the molecule is O=C(Cl)c1cc([N+](=O)[O-])cc(C(=O)Cl)c1C(=O)Cl. The van der Waals surface area contributed by atoms with Gasteiger partial charge in [0.05, 0.1) is 21.6 Å². The molecule has 0 unspecified atom stereocenters. The molecule has 1 aromatic carbocycles. The minimum atomic E-state index is -1.17. The first-order valence-corrected chi connectivity index (χ1v) is 5.31. The summed E-state index contributed by atoms with van der Waals surface area (Å²) in [5.41, 5.74) is -2.25. The maximum absolute atomic E-state index is 11.2. The Morgan fingerprint density at radius 3 is 1.56 bits per heavy atom. The van der Waals surface area contributed by atoms with Gasteiger partial charge in [0.2, 0.25) is 0 Å². The quantitative estimate of drug-likeness (QED) is 0.484. The number of rotatable bonds is 4. The van der Waals surface area contributed by atoms with Crippen LogP contribution in [0.25, 0.3) is 0 Å². The Kier molecular flexibility index (Phi) is 4.39. The molecule has 0 bridgehead atoms. The Balaban J connectivity index is 3.76.